The number of esters is 1. The second-order valence-corrected chi connectivity index (χ2v) is 6.53. The Balaban J connectivity index is 2.17. The van der Waals surface area contributed by atoms with Crippen molar-refractivity contribution >= 4 is 35.3 Å². The molecule has 0 aliphatic carbocycles. The van der Waals surface area contributed by atoms with E-state index in [0.717, 1.165) is 17.3 Å². The predicted molar refractivity (Wildman–Crippen MR) is 101 cm³/mol. The minimum atomic E-state index is -0.588. The molecule has 1 aromatic carbocycles. The second kappa shape index (κ2) is 9.23. The fourth-order valence-electron chi connectivity index (χ4n) is 2.44. The Morgan fingerprint density at radius 3 is 2.77 bits per heavy atom. The number of thioether (sulfide) groups is 1. The molecular formula is C17H23N5O3S. The third kappa shape index (κ3) is 4.98. The molecule has 1 amide bonds. The number of nitrogens with one attached hydrogen (secondary N) is 1. The zero-order chi connectivity index (χ0) is 19.1. The van der Waals surface area contributed by atoms with Crippen LogP contribution in [0.15, 0.2) is 29.4 Å². The third-order valence-electron chi connectivity index (χ3n) is 3.60. The summed E-state index contributed by atoms with van der Waals surface area (Å²) < 4.78 is 6.46. The van der Waals surface area contributed by atoms with Gasteiger partial charge >= 0.3 is 5.97 Å². The molecule has 26 heavy (non-hydrogen) atoms. The number of nitrogens with two attached hydrogens (primary N) is 1. The highest BCUT2D eigenvalue weighted by molar-refractivity contribution is 7.99. The van der Waals surface area contributed by atoms with Crippen LogP contribution in [0.5, 0.6) is 0 Å². The van der Waals surface area contributed by atoms with Crippen molar-refractivity contribution in [2.24, 2.45) is 0 Å². The van der Waals surface area contributed by atoms with Crippen LogP contribution in [0.3, 0.4) is 0 Å². The normalized spacial score (nSPS) is 11.8. The minimum absolute atomic E-state index is 0.0713. The quantitative estimate of drug-likeness (QED) is 0.536. The predicted octanol–water partition coefficient (Wildman–Crippen LogP) is 2.41. The number of rotatable bonds is 8. The van der Waals surface area contributed by atoms with E-state index in [1.165, 1.54) is 0 Å². The van der Waals surface area contributed by atoms with Gasteiger partial charge in [0.1, 0.15) is 6.04 Å². The average molecular weight is 377 g/mol. The number of anilines is 2. The van der Waals surface area contributed by atoms with Crippen molar-refractivity contribution in [3.8, 4) is 0 Å². The monoisotopic (exact) mass is 377 g/mol. The lowest BCUT2D eigenvalue weighted by atomic mass is 10.2. The van der Waals surface area contributed by atoms with Gasteiger partial charge in [0.2, 0.25) is 11.9 Å². The van der Waals surface area contributed by atoms with Gasteiger partial charge in [0.25, 0.3) is 0 Å². The summed E-state index contributed by atoms with van der Waals surface area (Å²) in [6.07, 6.45) is 0.493. The van der Waals surface area contributed by atoms with Crippen LogP contribution in [0.25, 0.3) is 0 Å². The first-order valence-electron chi connectivity index (χ1n) is 8.32. The summed E-state index contributed by atoms with van der Waals surface area (Å²) in [7, 11) is 0. The highest BCUT2D eigenvalue weighted by Crippen LogP contribution is 2.26. The molecule has 1 aromatic heterocycles. The topological polar surface area (TPSA) is 112 Å². The highest BCUT2D eigenvalue weighted by atomic mass is 32.2. The van der Waals surface area contributed by atoms with Gasteiger partial charge in [0, 0.05) is 5.69 Å². The molecule has 0 saturated heterocycles. The summed E-state index contributed by atoms with van der Waals surface area (Å²) >= 11 is 1.14. The van der Waals surface area contributed by atoms with E-state index in [9.17, 15) is 9.59 Å². The summed E-state index contributed by atoms with van der Waals surface area (Å²) in [6, 6.07) is 6.95. The smallest absolute Gasteiger partial charge is 0.316 e. The molecule has 0 saturated carbocycles. The SMILES string of the molecule is CCOC(=O)CSc1nnc(N)n1C(CC)C(=O)Nc1cccc(C)c1. The van der Waals surface area contributed by atoms with E-state index < -0.39 is 6.04 Å². The average Bonchev–Trinajstić information content (AvgIpc) is 2.95. The third-order valence-corrected chi connectivity index (χ3v) is 4.52. The molecule has 9 heteroatoms. The Labute approximate surface area is 156 Å². The summed E-state index contributed by atoms with van der Waals surface area (Å²) in [5.41, 5.74) is 7.67. The van der Waals surface area contributed by atoms with Gasteiger partial charge in [-0.1, -0.05) is 30.8 Å². The van der Waals surface area contributed by atoms with E-state index >= 15 is 0 Å². The number of ether oxygens (including phenoxy) is 1. The van der Waals surface area contributed by atoms with Gasteiger partial charge in [-0.05, 0) is 38.0 Å². The molecule has 0 aliphatic heterocycles. The van der Waals surface area contributed by atoms with Gasteiger partial charge in [-0.15, -0.1) is 10.2 Å². The fourth-order valence-corrected chi connectivity index (χ4v) is 3.23. The van der Waals surface area contributed by atoms with E-state index in [1.54, 1.807) is 11.5 Å². The van der Waals surface area contributed by atoms with E-state index in [0.29, 0.717) is 23.9 Å². The first-order chi connectivity index (χ1) is 12.5. The standard InChI is InChI=1S/C17H23N5O3S/c1-4-13(15(24)19-12-8-6-7-11(3)9-12)22-16(18)20-21-17(22)26-10-14(23)25-5-2/h6-9,13H,4-5,10H2,1-3H3,(H2,18,20)(H,19,24). The summed E-state index contributed by atoms with van der Waals surface area (Å²) in [5.74, 6) is -0.380. The molecule has 0 bridgehead atoms. The maximum atomic E-state index is 12.8. The van der Waals surface area contributed by atoms with E-state index in [1.807, 2.05) is 38.1 Å². The second-order valence-electron chi connectivity index (χ2n) is 5.59. The van der Waals surface area contributed by atoms with Crippen molar-refractivity contribution in [1.29, 1.82) is 0 Å². The minimum Gasteiger partial charge on any atom is -0.465 e. The molecule has 8 nitrogen and oxygen atoms in total. The lowest BCUT2D eigenvalue weighted by Crippen LogP contribution is -2.27. The van der Waals surface area contributed by atoms with Gasteiger partial charge in [0.05, 0.1) is 12.4 Å². The Hall–Kier alpha value is -2.55. The van der Waals surface area contributed by atoms with Crippen molar-refractivity contribution in [1.82, 2.24) is 14.8 Å². The van der Waals surface area contributed by atoms with Crippen LogP contribution in [0.1, 0.15) is 31.9 Å². The van der Waals surface area contributed by atoms with Crippen LogP contribution >= 0.6 is 11.8 Å². The molecule has 3 N–H and O–H groups in total. The summed E-state index contributed by atoms with van der Waals surface area (Å²) in [5, 5.41) is 11.1. The number of hydrogen-bond acceptors (Lipinski definition) is 7. The summed E-state index contributed by atoms with van der Waals surface area (Å²) in [6.45, 7) is 5.88. The van der Waals surface area contributed by atoms with Crippen molar-refractivity contribution in [3.05, 3.63) is 29.8 Å². The molecule has 0 fully saturated rings. The lowest BCUT2D eigenvalue weighted by Gasteiger charge is -2.19. The highest BCUT2D eigenvalue weighted by Gasteiger charge is 2.25. The van der Waals surface area contributed by atoms with Gasteiger partial charge < -0.3 is 15.8 Å². The van der Waals surface area contributed by atoms with Crippen LogP contribution < -0.4 is 11.1 Å². The van der Waals surface area contributed by atoms with E-state index in [2.05, 4.69) is 15.5 Å². The number of aromatic nitrogens is 3. The number of nitrogens with zero attached hydrogens (tertiary/aromatic N) is 3. The van der Waals surface area contributed by atoms with Gasteiger partial charge in [0.15, 0.2) is 5.16 Å². The van der Waals surface area contributed by atoms with Crippen molar-refractivity contribution in [3.63, 3.8) is 0 Å². The first kappa shape index (κ1) is 19.8. The number of nitrogen functional groups attached to an aromatic ring is 1. The molecule has 1 atom stereocenters. The zero-order valence-electron chi connectivity index (χ0n) is 15.1. The molecule has 2 rings (SSSR count). The number of aryl methyl sites for hydroxylation is 1. The number of carbonyl (C=O) groups is 2. The maximum Gasteiger partial charge on any atom is 0.316 e. The van der Waals surface area contributed by atoms with Crippen molar-refractivity contribution in [2.75, 3.05) is 23.4 Å². The fraction of sp³-hybridized carbons (Fsp3) is 0.412. The van der Waals surface area contributed by atoms with Crippen LogP contribution in [-0.2, 0) is 14.3 Å². The first-order valence-corrected chi connectivity index (χ1v) is 9.31. The molecule has 2 aromatic rings. The number of amides is 1. The number of hydrogen-bond donors (Lipinski definition) is 2. The Morgan fingerprint density at radius 1 is 1.35 bits per heavy atom. The number of carbonyl (C=O) groups excluding carboxylic acids is 2. The van der Waals surface area contributed by atoms with Crippen LogP contribution in [0.2, 0.25) is 0 Å². The van der Waals surface area contributed by atoms with Gasteiger partial charge in [-0.3, -0.25) is 14.2 Å². The zero-order valence-corrected chi connectivity index (χ0v) is 15.9. The Kier molecular flexibility index (Phi) is 7.02. The van der Waals surface area contributed by atoms with Crippen molar-refractivity contribution < 1.29 is 14.3 Å². The molecule has 1 heterocycles. The molecule has 1 unspecified atom stereocenters. The summed E-state index contributed by atoms with van der Waals surface area (Å²) in [4.78, 5) is 24.3. The molecule has 0 spiro atoms. The van der Waals surface area contributed by atoms with E-state index in [4.69, 9.17) is 10.5 Å². The van der Waals surface area contributed by atoms with E-state index in [-0.39, 0.29) is 23.6 Å². The van der Waals surface area contributed by atoms with Gasteiger partial charge in [-0.2, -0.15) is 0 Å². The van der Waals surface area contributed by atoms with Crippen LogP contribution in [0.4, 0.5) is 11.6 Å². The number of benzene rings is 1. The maximum absolute atomic E-state index is 12.8. The molecular weight excluding hydrogens is 354 g/mol. The Bertz CT molecular complexity index is 778. The van der Waals surface area contributed by atoms with Gasteiger partial charge in [-0.25, -0.2) is 0 Å². The van der Waals surface area contributed by atoms with Crippen LogP contribution in [0, 0.1) is 6.92 Å². The van der Waals surface area contributed by atoms with Crippen LogP contribution in [-0.4, -0.2) is 39.0 Å². The van der Waals surface area contributed by atoms with Crippen molar-refractivity contribution in [2.45, 2.75) is 38.4 Å². The molecule has 140 valence electrons. The largest absolute Gasteiger partial charge is 0.465 e. The molecule has 0 radical (unpaired) electrons. The lowest BCUT2D eigenvalue weighted by molar-refractivity contribution is -0.139. The Morgan fingerprint density at radius 2 is 2.12 bits per heavy atom. The molecule has 0 aliphatic rings.